The maximum absolute atomic E-state index is 12.9. The zero-order valence-electron chi connectivity index (χ0n) is 13.7. The lowest BCUT2D eigenvalue weighted by Gasteiger charge is -2.38. The first-order valence-electron chi connectivity index (χ1n) is 8.09. The van der Waals surface area contributed by atoms with E-state index in [1.54, 1.807) is 0 Å². The molecule has 1 aromatic heterocycles. The Bertz CT molecular complexity index is 814. The molecule has 0 amide bonds. The number of hydrogen-bond donors (Lipinski definition) is 2. The number of H-pyrrole nitrogens is 1. The number of nitrogens with one attached hydrogen (secondary N) is 2. The van der Waals surface area contributed by atoms with Crippen molar-refractivity contribution >= 4 is 17.2 Å². The summed E-state index contributed by atoms with van der Waals surface area (Å²) in [6.45, 7) is 6.36. The molecule has 4 nitrogen and oxygen atoms in total. The molecule has 2 aromatic rings. The number of ketones is 1. The normalized spacial score (nSPS) is 22.4. The summed E-state index contributed by atoms with van der Waals surface area (Å²) in [4.78, 5) is 12.9. The van der Waals surface area contributed by atoms with Crippen LogP contribution >= 0.6 is 0 Å². The van der Waals surface area contributed by atoms with Gasteiger partial charge >= 0.3 is 0 Å². The molecule has 23 heavy (non-hydrogen) atoms. The van der Waals surface area contributed by atoms with Crippen molar-refractivity contribution < 1.29 is 4.79 Å². The number of aryl methyl sites for hydroxylation is 1. The Hall–Kier alpha value is -2.36. The van der Waals surface area contributed by atoms with Crippen molar-refractivity contribution in [1.29, 1.82) is 0 Å². The number of rotatable bonds is 1. The zero-order chi connectivity index (χ0) is 16.2. The van der Waals surface area contributed by atoms with E-state index in [0.29, 0.717) is 6.42 Å². The van der Waals surface area contributed by atoms with Crippen LogP contribution in [0.5, 0.6) is 0 Å². The molecular weight excluding hydrogens is 286 g/mol. The van der Waals surface area contributed by atoms with Crippen molar-refractivity contribution in [1.82, 2.24) is 10.2 Å². The number of nitrogens with zero attached hydrogens (tertiary/aromatic N) is 1. The fourth-order valence-corrected chi connectivity index (χ4v) is 3.90. The van der Waals surface area contributed by atoms with E-state index in [9.17, 15) is 4.79 Å². The molecule has 1 aliphatic heterocycles. The molecule has 0 saturated carbocycles. The molecular formula is C19H21N3O. The first kappa shape index (κ1) is 14.2. The number of fused-ring (bicyclic) bond motifs is 2. The number of allylic oxidation sites excluding steroid dienone is 1. The lowest BCUT2D eigenvalue weighted by Crippen LogP contribution is -2.33. The number of benzene rings is 1. The van der Waals surface area contributed by atoms with Crippen molar-refractivity contribution in [3.63, 3.8) is 0 Å². The number of anilines is 1. The highest BCUT2D eigenvalue weighted by Gasteiger charge is 2.41. The SMILES string of the molecule is Cc1[nH]nc2c1C1=C(C(=O)CC(C)(C)C1)[C@H](c1ccccc1)N2. The van der Waals surface area contributed by atoms with Crippen LogP contribution in [0, 0.1) is 12.3 Å². The average Bonchev–Trinajstić information content (AvgIpc) is 2.87. The summed E-state index contributed by atoms with van der Waals surface area (Å²) in [7, 11) is 0. The third-order valence-corrected chi connectivity index (χ3v) is 4.87. The fourth-order valence-electron chi connectivity index (χ4n) is 3.90. The number of aromatic nitrogens is 2. The Balaban J connectivity index is 1.94. The Morgan fingerprint density at radius 1 is 1.17 bits per heavy atom. The monoisotopic (exact) mass is 307 g/mol. The van der Waals surface area contributed by atoms with Crippen LogP contribution in [0.15, 0.2) is 35.9 Å². The minimum absolute atomic E-state index is 0.00449. The van der Waals surface area contributed by atoms with Gasteiger partial charge in [-0.1, -0.05) is 44.2 Å². The maximum Gasteiger partial charge on any atom is 0.162 e. The lowest BCUT2D eigenvalue weighted by atomic mass is 9.68. The van der Waals surface area contributed by atoms with Crippen molar-refractivity contribution in [2.75, 3.05) is 5.32 Å². The molecule has 0 bridgehead atoms. The van der Waals surface area contributed by atoms with E-state index >= 15 is 0 Å². The topological polar surface area (TPSA) is 57.8 Å². The van der Waals surface area contributed by atoms with Gasteiger partial charge in [-0.15, -0.1) is 0 Å². The average molecular weight is 307 g/mol. The van der Waals surface area contributed by atoms with Crippen LogP contribution in [0.4, 0.5) is 5.82 Å². The standard InChI is InChI=1S/C19H21N3O/c1-11-15-13-9-19(2,3)10-14(23)16(13)17(20-18(15)22-21-11)12-7-5-4-6-8-12/h4-8,17H,9-10H2,1-3H3,(H2,20,21,22)/t17-/m0/s1. The molecule has 1 aliphatic carbocycles. The molecule has 2 aliphatic rings. The summed E-state index contributed by atoms with van der Waals surface area (Å²) >= 11 is 0. The fraction of sp³-hybridized carbons (Fsp3) is 0.368. The van der Waals surface area contributed by atoms with E-state index in [1.807, 2.05) is 25.1 Å². The molecule has 4 heteroatoms. The van der Waals surface area contributed by atoms with Gasteiger partial charge in [0.15, 0.2) is 11.6 Å². The van der Waals surface area contributed by atoms with Gasteiger partial charge in [0, 0.05) is 23.3 Å². The second-order valence-electron chi connectivity index (χ2n) is 7.39. The smallest absolute Gasteiger partial charge is 0.162 e. The molecule has 0 radical (unpaired) electrons. The highest BCUT2D eigenvalue weighted by Crippen LogP contribution is 2.50. The summed E-state index contributed by atoms with van der Waals surface area (Å²) < 4.78 is 0. The third-order valence-electron chi connectivity index (χ3n) is 4.87. The van der Waals surface area contributed by atoms with E-state index in [2.05, 4.69) is 41.5 Å². The maximum atomic E-state index is 12.9. The molecule has 1 atom stereocenters. The van der Waals surface area contributed by atoms with E-state index < -0.39 is 0 Å². The number of hydrogen-bond acceptors (Lipinski definition) is 3. The Kier molecular flexibility index (Phi) is 2.98. The van der Waals surface area contributed by atoms with Crippen molar-refractivity contribution in [3.05, 3.63) is 52.7 Å². The van der Waals surface area contributed by atoms with Gasteiger partial charge in [-0.05, 0) is 29.9 Å². The summed E-state index contributed by atoms with van der Waals surface area (Å²) in [5.74, 6) is 1.12. The van der Waals surface area contributed by atoms with Crippen LogP contribution in [0.1, 0.15) is 49.6 Å². The largest absolute Gasteiger partial charge is 0.357 e. The Morgan fingerprint density at radius 3 is 2.65 bits per heavy atom. The van der Waals surface area contributed by atoms with Crippen LogP contribution in [0.2, 0.25) is 0 Å². The molecule has 4 rings (SSSR count). The number of Topliss-reactive ketones (excluding diaryl/α,β-unsaturated/α-hetero) is 1. The van der Waals surface area contributed by atoms with Crippen LogP contribution in [0.25, 0.3) is 5.57 Å². The van der Waals surface area contributed by atoms with Gasteiger partial charge in [-0.25, -0.2) is 0 Å². The summed E-state index contributed by atoms with van der Waals surface area (Å²) in [5, 5.41) is 11.0. The van der Waals surface area contributed by atoms with Gasteiger partial charge in [-0.3, -0.25) is 9.89 Å². The van der Waals surface area contributed by atoms with E-state index in [0.717, 1.165) is 34.6 Å². The second-order valence-corrected chi connectivity index (χ2v) is 7.39. The van der Waals surface area contributed by atoms with Crippen LogP contribution < -0.4 is 5.32 Å². The number of carbonyl (C=O) groups excluding carboxylic acids is 1. The minimum atomic E-state index is -0.106. The molecule has 1 aromatic carbocycles. The molecule has 2 N–H and O–H groups in total. The Labute approximate surface area is 136 Å². The third kappa shape index (κ3) is 2.21. The summed E-state index contributed by atoms with van der Waals surface area (Å²) in [6, 6.07) is 10.1. The highest BCUT2D eigenvalue weighted by atomic mass is 16.1. The summed E-state index contributed by atoms with van der Waals surface area (Å²) in [6.07, 6.45) is 1.51. The molecule has 0 spiro atoms. The first-order valence-corrected chi connectivity index (χ1v) is 8.09. The van der Waals surface area contributed by atoms with Crippen molar-refractivity contribution in [2.24, 2.45) is 5.41 Å². The Morgan fingerprint density at radius 2 is 1.91 bits per heavy atom. The summed E-state index contributed by atoms with van der Waals surface area (Å²) in [5.41, 5.74) is 5.31. The van der Waals surface area contributed by atoms with Crippen LogP contribution in [-0.4, -0.2) is 16.0 Å². The van der Waals surface area contributed by atoms with Gasteiger partial charge in [0.2, 0.25) is 0 Å². The molecule has 0 unspecified atom stereocenters. The predicted molar refractivity (Wildman–Crippen MR) is 91.1 cm³/mol. The van der Waals surface area contributed by atoms with Gasteiger partial charge < -0.3 is 5.32 Å². The zero-order valence-corrected chi connectivity index (χ0v) is 13.7. The quantitative estimate of drug-likeness (QED) is 0.836. The number of carbonyl (C=O) groups is 1. The van der Waals surface area contributed by atoms with E-state index in [-0.39, 0.29) is 17.2 Å². The highest BCUT2D eigenvalue weighted by molar-refractivity contribution is 6.08. The van der Waals surface area contributed by atoms with Crippen molar-refractivity contribution in [2.45, 2.75) is 39.7 Å². The molecule has 2 heterocycles. The van der Waals surface area contributed by atoms with E-state index in [1.165, 1.54) is 5.57 Å². The van der Waals surface area contributed by atoms with Crippen LogP contribution in [0.3, 0.4) is 0 Å². The van der Waals surface area contributed by atoms with Crippen molar-refractivity contribution in [3.8, 4) is 0 Å². The van der Waals surface area contributed by atoms with Gasteiger partial charge in [-0.2, -0.15) is 5.10 Å². The van der Waals surface area contributed by atoms with Gasteiger partial charge in [0.25, 0.3) is 0 Å². The first-order chi connectivity index (χ1) is 11.0. The van der Waals surface area contributed by atoms with Gasteiger partial charge in [0.05, 0.1) is 6.04 Å². The molecule has 0 fully saturated rings. The molecule has 118 valence electrons. The minimum Gasteiger partial charge on any atom is -0.357 e. The predicted octanol–water partition coefficient (Wildman–Crippen LogP) is 4.03. The lowest BCUT2D eigenvalue weighted by molar-refractivity contribution is -0.118. The molecule has 0 saturated heterocycles. The second kappa shape index (κ2) is 4.82. The number of aromatic amines is 1. The van der Waals surface area contributed by atoms with Crippen LogP contribution in [-0.2, 0) is 4.79 Å². The van der Waals surface area contributed by atoms with Gasteiger partial charge in [0.1, 0.15) is 0 Å². The van der Waals surface area contributed by atoms with E-state index in [4.69, 9.17) is 0 Å².